The minimum Gasteiger partial charge on any atom is -0.351 e. The Morgan fingerprint density at radius 3 is 3.08 bits per heavy atom. The van der Waals surface area contributed by atoms with Crippen LogP contribution in [0.1, 0.15) is 4.88 Å². The lowest BCUT2D eigenvalue weighted by Crippen LogP contribution is -2.30. The van der Waals surface area contributed by atoms with Gasteiger partial charge in [-0.3, -0.25) is 14.6 Å². The fourth-order valence-electron chi connectivity index (χ4n) is 2.03. The second-order valence-corrected chi connectivity index (χ2v) is 5.86. The first kappa shape index (κ1) is 15.9. The molecule has 122 valence electrons. The van der Waals surface area contributed by atoms with Gasteiger partial charge in [-0.2, -0.15) is 0 Å². The summed E-state index contributed by atoms with van der Waals surface area (Å²) in [5.74, 6) is -0.304. The molecule has 1 aliphatic rings. The number of carbonyl (C=O) groups is 2. The normalized spacial score (nSPS) is 15.0. The topological polar surface area (TPSA) is 95.5 Å². The van der Waals surface area contributed by atoms with Crippen molar-refractivity contribution in [1.82, 2.24) is 10.3 Å². The summed E-state index contributed by atoms with van der Waals surface area (Å²) in [5, 5.41) is 10.2. The summed E-state index contributed by atoms with van der Waals surface area (Å²) in [6.45, 7) is 0.865. The van der Waals surface area contributed by atoms with Crippen LogP contribution in [0.4, 0.5) is 11.5 Å². The van der Waals surface area contributed by atoms with E-state index in [9.17, 15) is 9.59 Å². The Bertz CT molecular complexity index is 799. The van der Waals surface area contributed by atoms with Crippen molar-refractivity contribution in [2.45, 2.75) is 0 Å². The molecule has 0 aromatic carbocycles. The lowest BCUT2D eigenvalue weighted by molar-refractivity contribution is -0.117. The maximum atomic E-state index is 11.9. The number of hydrogen-bond acceptors (Lipinski definition) is 6. The first-order valence-corrected chi connectivity index (χ1v) is 8.16. The lowest BCUT2D eigenvalue weighted by atomic mass is 10.2. The van der Waals surface area contributed by atoms with Gasteiger partial charge < -0.3 is 16.0 Å². The number of aromatic nitrogens is 1. The third kappa shape index (κ3) is 4.05. The zero-order valence-corrected chi connectivity index (χ0v) is 13.5. The Balaban J connectivity index is 1.51. The van der Waals surface area contributed by atoms with Gasteiger partial charge in [0.15, 0.2) is 5.82 Å². The van der Waals surface area contributed by atoms with E-state index in [0.29, 0.717) is 24.6 Å². The molecule has 0 bridgehead atoms. The van der Waals surface area contributed by atoms with E-state index < -0.39 is 5.91 Å². The van der Waals surface area contributed by atoms with Crippen LogP contribution in [0.2, 0.25) is 0 Å². The summed E-state index contributed by atoms with van der Waals surface area (Å²) in [6.07, 6.45) is 4.59. The molecule has 1 aliphatic heterocycles. The van der Waals surface area contributed by atoms with Crippen LogP contribution >= 0.6 is 11.3 Å². The molecule has 24 heavy (non-hydrogen) atoms. The Hall–Kier alpha value is -3.00. The van der Waals surface area contributed by atoms with Crippen LogP contribution in [0, 0.1) is 0 Å². The van der Waals surface area contributed by atoms with Crippen molar-refractivity contribution >= 4 is 40.9 Å². The van der Waals surface area contributed by atoms with Gasteiger partial charge in [-0.1, -0.05) is 6.07 Å². The standard InChI is InChI=1S/C16H15N5O2S/c22-14(18-7-6-17-10-11-3-2-8-24-11)9-13-16(23)21-15-12(20-13)4-1-5-19-15/h1-5,8-10,20H,6-7H2,(H,18,22)(H,19,21,23)/b13-9+,17-10?. The van der Waals surface area contributed by atoms with Gasteiger partial charge in [0.1, 0.15) is 5.70 Å². The van der Waals surface area contributed by atoms with Crippen LogP contribution in [-0.4, -0.2) is 36.1 Å². The predicted octanol–water partition coefficient (Wildman–Crippen LogP) is 1.63. The molecule has 0 atom stereocenters. The Morgan fingerprint density at radius 1 is 1.33 bits per heavy atom. The zero-order valence-electron chi connectivity index (χ0n) is 12.7. The van der Waals surface area contributed by atoms with Crippen molar-refractivity contribution in [1.29, 1.82) is 0 Å². The number of aliphatic imine (C=N–C) groups is 1. The monoisotopic (exact) mass is 341 g/mol. The number of carbonyl (C=O) groups excluding carboxylic acids is 2. The quantitative estimate of drug-likeness (QED) is 0.437. The van der Waals surface area contributed by atoms with Crippen molar-refractivity contribution in [2.24, 2.45) is 4.99 Å². The number of rotatable bonds is 5. The molecular weight excluding hydrogens is 326 g/mol. The minimum absolute atomic E-state index is 0.176. The summed E-state index contributed by atoms with van der Waals surface area (Å²) >= 11 is 1.60. The number of nitrogens with one attached hydrogen (secondary N) is 3. The van der Waals surface area contributed by atoms with E-state index in [1.165, 1.54) is 6.08 Å². The van der Waals surface area contributed by atoms with Gasteiger partial charge in [-0.25, -0.2) is 4.98 Å². The van der Waals surface area contributed by atoms with Gasteiger partial charge in [0.05, 0.1) is 12.2 Å². The van der Waals surface area contributed by atoms with Crippen LogP contribution in [0.3, 0.4) is 0 Å². The van der Waals surface area contributed by atoms with E-state index in [-0.39, 0.29) is 11.6 Å². The van der Waals surface area contributed by atoms with Crippen molar-refractivity contribution < 1.29 is 9.59 Å². The van der Waals surface area contributed by atoms with Crippen LogP contribution < -0.4 is 16.0 Å². The molecule has 0 fully saturated rings. The van der Waals surface area contributed by atoms with Crippen molar-refractivity contribution in [3.8, 4) is 0 Å². The smallest absolute Gasteiger partial charge is 0.273 e. The highest BCUT2D eigenvalue weighted by Crippen LogP contribution is 2.24. The fourth-order valence-corrected chi connectivity index (χ4v) is 2.64. The van der Waals surface area contributed by atoms with Crippen LogP contribution in [0.5, 0.6) is 0 Å². The second kappa shape index (κ2) is 7.51. The molecule has 2 aromatic heterocycles. The first-order valence-electron chi connectivity index (χ1n) is 7.28. The Morgan fingerprint density at radius 2 is 2.25 bits per heavy atom. The zero-order chi connectivity index (χ0) is 16.8. The van der Waals surface area contributed by atoms with Crippen molar-refractivity contribution in [3.05, 3.63) is 52.5 Å². The van der Waals surface area contributed by atoms with Crippen LogP contribution in [-0.2, 0) is 9.59 Å². The largest absolute Gasteiger partial charge is 0.351 e. The molecule has 0 spiro atoms. The SMILES string of the molecule is O=C(/C=C1/Nc2cccnc2NC1=O)NCCN=Cc1cccs1. The predicted molar refractivity (Wildman–Crippen MR) is 94.4 cm³/mol. The van der Waals surface area contributed by atoms with Gasteiger partial charge in [0, 0.05) is 29.9 Å². The van der Waals surface area contributed by atoms with Gasteiger partial charge in [-0.15, -0.1) is 11.3 Å². The molecule has 3 N–H and O–H groups in total. The number of nitrogens with zero attached hydrogens (tertiary/aromatic N) is 2. The molecule has 2 amide bonds. The van der Waals surface area contributed by atoms with E-state index in [1.807, 2.05) is 17.5 Å². The molecule has 7 nitrogen and oxygen atoms in total. The summed E-state index contributed by atoms with van der Waals surface area (Å²) in [4.78, 5) is 33.1. The molecule has 3 rings (SSSR count). The van der Waals surface area contributed by atoms with Gasteiger partial charge in [-0.05, 0) is 23.6 Å². The number of pyridine rings is 1. The molecule has 0 aliphatic carbocycles. The average molecular weight is 341 g/mol. The number of hydrogen-bond donors (Lipinski definition) is 3. The lowest BCUT2D eigenvalue weighted by Gasteiger charge is -2.19. The fraction of sp³-hybridized carbons (Fsp3) is 0.125. The molecule has 2 aromatic rings. The highest BCUT2D eigenvalue weighted by molar-refractivity contribution is 7.11. The van der Waals surface area contributed by atoms with E-state index in [1.54, 1.807) is 35.9 Å². The van der Waals surface area contributed by atoms with Gasteiger partial charge in [0.2, 0.25) is 5.91 Å². The third-order valence-electron chi connectivity index (χ3n) is 3.13. The summed E-state index contributed by atoms with van der Waals surface area (Å²) < 4.78 is 0. The number of fused-ring (bicyclic) bond motifs is 1. The van der Waals surface area contributed by atoms with Crippen LogP contribution in [0.15, 0.2) is 52.6 Å². The highest BCUT2D eigenvalue weighted by Gasteiger charge is 2.20. The first-order chi connectivity index (χ1) is 11.7. The Labute approximate surface area is 142 Å². The molecule has 8 heteroatoms. The second-order valence-electron chi connectivity index (χ2n) is 4.88. The highest BCUT2D eigenvalue weighted by atomic mass is 32.1. The van der Waals surface area contributed by atoms with Gasteiger partial charge in [0.25, 0.3) is 5.91 Å². The van der Waals surface area contributed by atoms with Crippen molar-refractivity contribution in [2.75, 3.05) is 23.7 Å². The van der Waals surface area contributed by atoms with Crippen molar-refractivity contribution in [3.63, 3.8) is 0 Å². The summed E-state index contributed by atoms with van der Waals surface area (Å²) in [7, 11) is 0. The molecule has 3 heterocycles. The minimum atomic E-state index is -0.396. The van der Waals surface area contributed by atoms with Crippen LogP contribution in [0.25, 0.3) is 0 Å². The summed E-state index contributed by atoms with van der Waals surface area (Å²) in [6, 6.07) is 7.44. The maximum Gasteiger partial charge on any atom is 0.273 e. The molecule has 0 saturated heterocycles. The van der Waals surface area contributed by atoms with E-state index in [2.05, 4.69) is 25.9 Å². The van der Waals surface area contributed by atoms with Gasteiger partial charge >= 0.3 is 0 Å². The average Bonchev–Trinajstić information content (AvgIpc) is 3.08. The van der Waals surface area contributed by atoms with E-state index in [0.717, 1.165) is 4.88 Å². The summed E-state index contributed by atoms with van der Waals surface area (Å²) in [5.41, 5.74) is 0.826. The number of thiophene rings is 1. The molecular formula is C16H15N5O2S. The Kier molecular flexibility index (Phi) is 4.97. The van der Waals surface area contributed by atoms with E-state index in [4.69, 9.17) is 0 Å². The molecule has 0 radical (unpaired) electrons. The van der Waals surface area contributed by atoms with E-state index >= 15 is 0 Å². The molecule has 0 unspecified atom stereocenters. The maximum absolute atomic E-state index is 11.9. The number of anilines is 2. The molecule has 0 saturated carbocycles. The third-order valence-corrected chi connectivity index (χ3v) is 3.94. The number of amides is 2.